The van der Waals surface area contributed by atoms with Crippen molar-refractivity contribution < 1.29 is 19.1 Å². The molecule has 9 heteroatoms. The van der Waals surface area contributed by atoms with Crippen molar-refractivity contribution >= 4 is 51.2 Å². The molecule has 3 aromatic carbocycles. The number of esters is 1. The van der Waals surface area contributed by atoms with Crippen molar-refractivity contribution in [2.75, 3.05) is 25.2 Å². The number of aromatic nitrogens is 3. The molecule has 40 heavy (non-hydrogen) atoms. The lowest BCUT2D eigenvalue weighted by Gasteiger charge is -2.21. The van der Waals surface area contributed by atoms with Crippen LogP contribution < -0.4 is 9.64 Å². The number of rotatable bonds is 10. The number of nitrogens with zero attached hydrogens (tertiary/aromatic N) is 4. The highest BCUT2D eigenvalue weighted by Crippen LogP contribution is 2.39. The molecule has 0 fully saturated rings. The molecule has 2 aromatic heterocycles. The van der Waals surface area contributed by atoms with E-state index in [9.17, 15) is 9.59 Å². The molecule has 0 aliphatic rings. The number of hydrogen-bond donors (Lipinski definition) is 0. The van der Waals surface area contributed by atoms with Crippen LogP contribution in [0.5, 0.6) is 5.75 Å². The molecule has 0 spiro atoms. The van der Waals surface area contributed by atoms with Crippen LogP contribution in [0.15, 0.2) is 60.7 Å². The normalized spacial score (nSPS) is 11.2. The number of ether oxygens (including phenoxy) is 2. The van der Waals surface area contributed by atoms with E-state index < -0.39 is 5.97 Å². The van der Waals surface area contributed by atoms with Crippen molar-refractivity contribution in [3.63, 3.8) is 0 Å². The first-order chi connectivity index (χ1) is 19.4. The van der Waals surface area contributed by atoms with Crippen molar-refractivity contribution in [2.24, 2.45) is 0 Å². The summed E-state index contributed by atoms with van der Waals surface area (Å²) in [6.45, 7) is 6.81. The number of amides is 1. The number of anilines is 1. The Morgan fingerprint density at radius 3 is 2.45 bits per heavy atom. The minimum absolute atomic E-state index is 0.0207. The number of fused-ring (bicyclic) bond motifs is 2. The van der Waals surface area contributed by atoms with Gasteiger partial charge in [0, 0.05) is 42.2 Å². The van der Waals surface area contributed by atoms with Crippen molar-refractivity contribution in [3.8, 4) is 16.9 Å². The van der Waals surface area contributed by atoms with E-state index in [0.29, 0.717) is 18.8 Å². The van der Waals surface area contributed by atoms with Crippen molar-refractivity contribution in [1.82, 2.24) is 13.3 Å². The first-order valence-corrected chi connectivity index (χ1v) is 14.1. The highest BCUT2D eigenvalue weighted by molar-refractivity contribution is 7.00. The van der Waals surface area contributed by atoms with Gasteiger partial charge in [-0.3, -0.25) is 4.79 Å². The Morgan fingerprint density at radius 1 is 0.975 bits per heavy atom. The second kappa shape index (κ2) is 11.9. The topological polar surface area (TPSA) is 86.5 Å². The molecule has 0 aliphatic heterocycles. The highest BCUT2D eigenvalue weighted by Gasteiger charge is 2.27. The van der Waals surface area contributed by atoms with Crippen molar-refractivity contribution in [1.29, 1.82) is 0 Å². The molecule has 0 saturated heterocycles. The zero-order valence-corrected chi connectivity index (χ0v) is 24.0. The van der Waals surface area contributed by atoms with Gasteiger partial charge in [0.2, 0.25) is 5.91 Å². The van der Waals surface area contributed by atoms with Gasteiger partial charge in [-0.25, -0.2) is 4.79 Å². The van der Waals surface area contributed by atoms with E-state index in [1.165, 1.54) is 0 Å². The largest absolute Gasteiger partial charge is 0.497 e. The number of unbranched alkanes of at least 4 members (excludes halogenated alkanes) is 1. The van der Waals surface area contributed by atoms with Gasteiger partial charge < -0.3 is 18.9 Å². The average Bonchev–Trinajstić information content (AvgIpc) is 3.55. The fourth-order valence-electron chi connectivity index (χ4n) is 5.01. The number of benzene rings is 3. The van der Waals surface area contributed by atoms with E-state index in [0.717, 1.165) is 74.6 Å². The van der Waals surface area contributed by atoms with E-state index >= 15 is 0 Å². The third-order valence-electron chi connectivity index (χ3n) is 6.99. The highest BCUT2D eigenvalue weighted by atomic mass is 32.1. The second-order valence-electron chi connectivity index (χ2n) is 9.57. The summed E-state index contributed by atoms with van der Waals surface area (Å²) in [5.74, 6) is 0.334. The van der Waals surface area contributed by atoms with E-state index in [2.05, 4.69) is 15.7 Å². The lowest BCUT2D eigenvalue weighted by atomic mass is 10.0. The van der Waals surface area contributed by atoms with Crippen LogP contribution in [0.3, 0.4) is 0 Å². The zero-order chi connectivity index (χ0) is 28.2. The lowest BCUT2D eigenvalue weighted by Crippen LogP contribution is -2.29. The molecule has 5 aromatic rings. The minimum Gasteiger partial charge on any atom is -0.497 e. The maximum atomic E-state index is 13.6. The molecule has 5 rings (SSSR count). The Morgan fingerprint density at radius 2 is 1.75 bits per heavy atom. The fraction of sp³-hybridized carbons (Fsp3) is 0.290. The SMILES string of the molecule is CCCCN(C(C)=O)c1ccc2c(c1)c(-c1ccc3nsnc3c1)c(C(=O)OCC)n2Cc1ccc(OC)cc1. The molecule has 0 radical (unpaired) electrons. The summed E-state index contributed by atoms with van der Waals surface area (Å²) in [7, 11) is 1.64. The number of carbonyl (C=O) groups excluding carboxylic acids is 2. The van der Waals surface area contributed by atoms with E-state index in [-0.39, 0.29) is 12.5 Å². The summed E-state index contributed by atoms with van der Waals surface area (Å²) in [5, 5.41) is 0.861. The molecule has 8 nitrogen and oxygen atoms in total. The molecule has 0 bridgehead atoms. The summed E-state index contributed by atoms with van der Waals surface area (Å²) in [5.41, 5.74) is 6.27. The second-order valence-corrected chi connectivity index (χ2v) is 10.1. The standard InChI is InChI=1S/C31H32N4O4S/c1-5-7-16-34(20(3)36)23-11-15-28-25(18-23)29(22-10-14-26-27(17-22)33-40-32-26)30(31(37)39-6-2)35(28)19-21-8-12-24(38-4)13-9-21/h8-15,17-18H,5-7,16,19H2,1-4H3. The Bertz CT molecular complexity index is 1670. The predicted molar refractivity (Wildman–Crippen MR) is 159 cm³/mol. The molecule has 0 saturated carbocycles. The Balaban J connectivity index is 1.78. The number of hydrogen-bond acceptors (Lipinski definition) is 7. The van der Waals surface area contributed by atoms with Gasteiger partial charge in [-0.2, -0.15) is 8.75 Å². The maximum absolute atomic E-state index is 13.6. The Hall–Kier alpha value is -4.24. The number of methoxy groups -OCH3 is 1. The predicted octanol–water partition coefficient (Wildman–Crippen LogP) is 6.70. The van der Waals surface area contributed by atoms with Gasteiger partial charge in [0.05, 0.1) is 25.4 Å². The molecule has 0 atom stereocenters. The number of carbonyl (C=O) groups is 2. The van der Waals surface area contributed by atoms with Crippen LogP contribution in [-0.2, 0) is 16.1 Å². The van der Waals surface area contributed by atoms with Crippen molar-refractivity contribution in [3.05, 3.63) is 71.9 Å². The van der Waals surface area contributed by atoms with E-state index in [1.54, 1.807) is 25.9 Å². The Labute approximate surface area is 237 Å². The van der Waals surface area contributed by atoms with Crippen LogP contribution in [0.1, 0.15) is 49.7 Å². The van der Waals surface area contributed by atoms with Crippen LogP contribution in [0.2, 0.25) is 0 Å². The minimum atomic E-state index is -0.408. The van der Waals surface area contributed by atoms with Crippen molar-refractivity contribution in [2.45, 2.75) is 40.2 Å². The average molecular weight is 557 g/mol. The smallest absolute Gasteiger partial charge is 0.355 e. The van der Waals surface area contributed by atoms with Gasteiger partial charge in [0.1, 0.15) is 22.5 Å². The van der Waals surface area contributed by atoms with Gasteiger partial charge in [-0.05, 0) is 66.9 Å². The quantitative estimate of drug-likeness (QED) is 0.178. The van der Waals surface area contributed by atoms with Gasteiger partial charge >= 0.3 is 5.97 Å². The molecular weight excluding hydrogens is 524 g/mol. The summed E-state index contributed by atoms with van der Waals surface area (Å²) < 4.78 is 21.7. The van der Waals surface area contributed by atoms with Crippen LogP contribution in [-0.4, -0.2) is 45.5 Å². The first-order valence-electron chi connectivity index (χ1n) is 13.4. The lowest BCUT2D eigenvalue weighted by molar-refractivity contribution is -0.116. The van der Waals surface area contributed by atoms with Crippen LogP contribution in [0, 0.1) is 0 Å². The van der Waals surface area contributed by atoms with E-state index in [4.69, 9.17) is 9.47 Å². The summed E-state index contributed by atoms with van der Waals surface area (Å²) in [6, 6.07) is 19.6. The maximum Gasteiger partial charge on any atom is 0.355 e. The molecule has 0 unspecified atom stereocenters. The van der Waals surface area contributed by atoms with Gasteiger partial charge in [0.15, 0.2) is 0 Å². The zero-order valence-electron chi connectivity index (χ0n) is 23.1. The third-order valence-corrected chi connectivity index (χ3v) is 7.54. The van der Waals surface area contributed by atoms with Gasteiger partial charge in [-0.1, -0.05) is 31.5 Å². The molecular formula is C31H32N4O4S. The van der Waals surface area contributed by atoms with Crippen LogP contribution in [0.25, 0.3) is 33.1 Å². The Kier molecular flexibility index (Phi) is 8.11. The van der Waals surface area contributed by atoms with E-state index in [1.807, 2.05) is 65.2 Å². The third kappa shape index (κ3) is 5.29. The van der Waals surface area contributed by atoms with Crippen LogP contribution in [0.4, 0.5) is 5.69 Å². The monoisotopic (exact) mass is 556 g/mol. The first kappa shape index (κ1) is 27.3. The summed E-state index contributed by atoms with van der Waals surface area (Å²) in [4.78, 5) is 28.1. The fourth-order valence-corrected chi connectivity index (χ4v) is 5.53. The molecule has 0 N–H and O–H groups in total. The summed E-state index contributed by atoms with van der Waals surface area (Å²) in [6.07, 6.45) is 1.87. The van der Waals surface area contributed by atoms with Gasteiger partial charge in [-0.15, -0.1) is 0 Å². The van der Waals surface area contributed by atoms with Crippen LogP contribution >= 0.6 is 11.7 Å². The summed E-state index contributed by atoms with van der Waals surface area (Å²) >= 11 is 1.15. The van der Waals surface area contributed by atoms with Gasteiger partial charge in [0.25, 0.3) is 0 Å². The molecule has 206 valence electrons. The molecule has 2 heterocycles. The molecule has 0 aliphatic carbocycles. The molecule has 1 amide bonds.